The Labute approximate surface area is 160 Å². The van der Waals surface area contributed by atoms with Crippen LogP contribution in [0.15, 0.2) is 53.5 Å². The first-order valence-corrected chi connectivity index (χ1v) is 9.15. The van der Waals surface area contributed by atoms with Gasteiger partial charge in [-0.25, -0.2) is 4.39 Å². The molecule has 0 unspecified atom stereocenters. The maximum Gasteiger partial charge on any atom is 0.253 e. The van der Waals surface area contributed by atoms with Crippen molar-refractivity contribution in [1.82, 2.24) is 15.5 Å². The largest absolute Gasteiger partial charge is 0.352 e. The minimum absolute atomic E-state index is 0.0434. The Kier molecular flexibility index (Phi) is 7.79. The van der Waals surface area contributed by atoms with Gasteiger partial charge in [0, 0.05) is 44.4 Å². The van der Waals surface area contributed by atoms with Gasteiger partial charge in [0.05, 0.1) is 0 Å². The van der Waals surface area contributed by atoms with Crippen molar-refractivity contribution in [2.45, 2.75) is 26.9 Å². The molecule has 5 nitrogen and oxygen atoms in total. The van der Waals surface area contributed by atoms with Crippen molar-refractivity contribution in [2.75, 3.05) is 20.1 Å². The van der Waals surface area contributed by atoms with E-state index in [1.807, 2.05) is 38.1 Å². The number of hydrogen-bond acceptors (Lipinski definition) is 2. The first-order valence-electron chi connectivity index (χ1n) is 9.15. The quantitative estimate of drug-likeness (QED) is 0.581. The van der Waals surface area contributed by atoms with Crippen molar-refractivity contribution in [1.29, 1.82) is 0 Å². The van der Waals surface area contributed by atoms with Gasteiger partial charge < -0.3 is 15.5 Å². The molecule has 144 valence electrons. The zero-order valence-electron chi connectivity index (χ0n) is 16.1. The first kappa shape index (κ1) is 20.4. The van der Waals surface area contributed by atoms with E-state index in [-0.39, 0.29) is 11.7 Å². The van der Waals surface area contributed by atoms with Gasteiger partial charge in [0.25, 0.3) is 5.91 Å². The number of nitrogens with one attached hydrogen (secondary N) is 2. The van der Waals surface area contributed by atoms with E-state index >= 15 is 0 Å². The van der Waals surface area contributed by atoms with Crippen molar-refractivity contribution in [3.63, 3.8) is 0 Å². The molecule has 27 heavy (non-hydrogen) atoms. The van der Waals surface area contributed by atoms with Gasteiger partial charge in [0.15, 0.2) is 5.96 Å². The topological polar surface area (TPSA) is 56.7 Å². The van der Waals surface area contributed by atoms with E-state index in [9.17, 15) is 9.18 Å². The average molecular weight is 370 g/mol. The van der Waals surface area contributed by atoms with E-state index in [2.05, 4.69) is 15.6 Å². The molecule has 0 radical (unpaired) electrons. The fourth-order valence-electron chi connectivity index (χ4n) is 2.69. The lowest BCUT2D eigenvalue weighted by atomic mass is 10.1. The van der Waals surface area contributed by atoms with Crippen LogP contribution in [0.3, 0.4) is 0 Å². The Morgan fingerprint density at radius 3 is 2.22 bits per heavy atom. The molecule has 0 atom stereocenters. The predicted octanol–water partition coefficient (Wildman–Crippen LogP) is 3.17. The van der Waals surface area contributed by atoms with E-state index in [4.69, 9.17) is 0 Å². The Bertz CT molecular complexity index is 770. The molecule has 6 heteroatoms. The fraction of sp³-hybridized carbons (Fsp3) is 0.333. The highest BCUT2D eigenvalue weighted by Crippen LogP contribution is 2.08. The lowest BCUT2D eigenvalue weighted by Gasteiger charge is -2.18. The molecule has 0 aromatic heterocycles. The molecule has 1 amide bonds. The number of carbonyl (C=O) groups is 1. The second-order valence-corrected chi connectivity index (χ2v) is 6.05. The smallest absolute Gasteiger partial charge is 0.253 e. The van der Waals surface area contributed by atoms with Gasteiger partial charge in [0.1, 0.15) is 5.82 Å². The number of amides is 1. The maximum atomic E-state index is 13.7. The molecule has 0 aliphatic heterocycles. The summed E-state index contributed by atoms with van der Waals surface area (Å²) in [7, 11) is 1.67. The van der Waals surface area contributed by atoms with E-state index in [0.717, 1.165) is 5.56 Å². The number of hydrogen-bond donors (Lipinski definition) is 2. The van der Waals surface area contributed by atoms with Crippen molar-refractivity contribution in [3.8, 4) is 0 Å². The van der Waals surface area contributed by atoms with E-state index < -0.39 is 0 Å². The van der Waals surface area contributed by atoms with Crippen LogP contribution in [0.5, 0.6) is 0 Å². The standard InChI is InChI=1S/C21H27FN4O/c1-4-26(5-2)20(27)17-12-10-16(11-13-17)14-24-21(23-3)25-15-18-8-6-7-9-19(18)22/h6-13H,4-5,14-15H2,1-3H3,(H2,23,24,25). The lowest BCUT2D eigenvalue weighted by molar-refractivity contribution is 0.0773. The molecule has 2 rings (SSSR count). The summed E-state index contributed by atoms with van der Waals surface area (Å²) in [5.41, 5.74) is 2.30. The molecule has 0 fully saturated rings. The van der Waals surface area contributed by atoms with Gasteiger partial charge in [-0.15, -0.1) is 0 Å². The number of carbonyl (C=O) groups excluding carboxylic acids is 1. The Hall–Kier alpha value is -2.89. The number of aliphatic imine (C=N–C) groups is 1. The second-order valence-electron chi connectivity index (χ2n) is 6.05. The summed E-state index contributed by atoms with van der Waals surface area (Å²) in [4.78, 5) is 18.3. The summed E-state index contributed by atoms with van der Waals surface area (Å²) >= 11 is 0. The highest BCUT2D eigenvalue weighted by Gasteiger charge is 2.12. The average Bonchev–Trinajstić information content (AvgIpc) is 2.70. The Balaban J connectivity index is 1.89. The van der Waals surface area contributed by atoms with Crippen LogP contribution in [0.2, 0.25) is 0 Å². The highest BCUT2D eigenvalue weighted by molar-refractivity contribution is 5.94. The number of guanidine groups is 1. The summed E-state index contributed by atoms with van der Waals surface area (Å²) in [5.74, 6) is 0.386. The monoisotopic (exact) mass is 370 g/mol. The van der Waals surface area contributed by atoms with Crippen LogP contribution < -0.4 is 10.6 Å². The molecule has 0 spiro atoms. The van der Waals surface area contributed by atoms with Gasteiger partial charge in [-0.05, 0) is 37.6 Å². The molecule has 0 heterocycles. The third kappa shape index (κ3) is 5.81. The van der Waals surface area contributed by atoms with Crippen LogP contribution in [0.4, 0.5) is 4.39 Å². The van der Waals surface area contributed by atoms with Crippen LogP contribution >= 0.6 is 0 Å². The van der Waals surface area contributed by atoms with Gasteiger partial charge in [0.2, 0.25) is 0 Å². The Morgan fingerprint density at radius 1 is 1.00 bits per heavy atom. The summed E-state index contributed by atoms with van der Waals surface area (Å²) < 4.78 is 13.7. The Morgan fingerprint density at radius 2 is 1.63 bits per heavy atom. The van der Waals surface area contributed by atoms with Gasteiger partial charge in [-0.2, -0.15) is 0 Å². The van der Waals surface area contributed by atoms with Gasteiger partial charge in [-0.3, -0.25) is 9.79 Å². The minimum Gasteiger partial charge on any atom is -0.352 e. The van der Waals surface area contributed by atoms with Crippen LogP contribution in [0.1, 0.15) is 35.3 Å². The number of rotatable bonds is 7. The van der Waals surface area contributed by atoms with Crippen molar-refractivity contribution in [3.05, 3.63) is 71.0 Å². The van der Waals surface area contributed by atoms with Crippen molar-refractivity contribution >= 4 is 11.9 Å². The summed E-state index contributed by atoms with van der Waals surface area (Å²) in [5, 5.41) is 6.28. The molecule has 2 aromatic carbocycles. The molecule has 0 saturated carbocycles. The zero-order chi connectivity index (χ0) is 19.6. The molecule has 0 saturated heterocycles. The molecular weight excluding hydrogens is 343 g/mol. The van der Waals surface area contributed by atoms with Crippen LogP contribution in [-0.2, 0) is 13.1 Å². The maximum absolute atomic E-state index is 13.7. The molecule has 0 aliphatic rings. The van der Waals surface area contributed by atoms with Crippen molar-refractivity contribution < 1.29 is 9.18 Å². The van der Waals surface area contributed by atoms with Crippen LogP contribution in [0, 0.1) is 5.82 Å². The molecule has 0 bridgehead atoms. The highest BCUT2D eigenvalue weighted by atomic mass is 19.1. The summed E-state index contributed by atoms with van der Waals surface area (Å²) in [6.45, 7) is 6.24. The molecule has 0 aliphatic carbocycles. The summed E-state index contributed by atoms with van der Waals surface area (Å²) in [6, 6.07) is 14.2. The first-order chi connectivity index (χ1) is 13.1. The summed E-state index contributed by atoms with van der Waals surface area (Å²) in [6.07, 6.45) is 0. The lowest BCUT2D eigenvalue weighted by Crippen LogP contribution is -2.36. The molecule has 2 N–H and O–H groups in total. The molecule has 2 aromatic rings. The molecular formula is C21H27FN4O. The van der Waals surface area contributed by atoms with E-state index in [1.165, 1.54) is 6.07 Å². The number of nitrogens with zero attached hydrogens (tertiary/aromatic N) is 2. The predicted molar refractivity (Wildman–Crippen MR) is 107 cm³/mol. The van der Waals surface area contributed by atoms with Gasteiger partial charge in [-0.1, -0.05) is 30.3 Å². The van der Waals surface area contributed by atoms with Crippen LogP contribution in [-0.4, -0.2) is 36.9 Å². The van der Waals surface area contributed by atoms with Crippen molar-refractivity contribution in [2.24, 2.45) is 4.99 Å². The third-order valence-corrected chi connectivity index (χ3v) is 4.34. The zero-order valence-corrected chi connectivity index (χ0v) is 16.1. The van der Waals surface area contributed by atoms with E-state index in [0.29, 0.717) is 43.3 Å². The third-order valence-electron chi connectivity index (χ3n) is 4.34. The van der Waals surface area contributed by atoms with Crippen LogP contribution in [0.25, 0.3) is 0 Å². The van der Waals surface area contributed by atoms with E-state index in [1.54, 1.807) is 30.1 Å². The second kappa shape index (κ2) is 10.3. The number of halogens is 1. The fourth-order valence-corrected chi connectivity index (χ4v) is 2.69. The van der Waals surface area contributed by atoms with Gasteiger partial charge >= 0.3 is 0 Å². The SMILES string of the molecule is CCN(CC)C(=O)c1ccc(CNC(=NC)NCc2ccccc2F)cc1. The number of benzene rings is 2. The normalized spacial score (nSPS) is 11.2. The minimum atomic E-state index is -0.242.